The first-order valence-corrected chi connectivity index (χ1v) is 7.54. The van der Waals surface area contributed by atoms with Gasteiger partial charge in [0.05, 0.1) is 11.7 Å². The van der Waals surface area contributed by atoms with Gasteiger partial charge in [0.25, 0.3) is 5.91 Å². The van der Waals surface area contributed by atoms with Gasteiger partial charge in [0.2, 0.25) is 6.41 Å². The molecule has 1 atom stereocenters. The van der Waals surface area contributed by atoms with Crippen molar-refractivity contribution in [1.29, 1.82) is 0 Å². The van der Waals surface area contributed by atoms with E-state index in [0.29, 0.717) is 19.4 Å². The molecule has 0 aliphatic carbocycles. The van der Waals surface area contributed by atoms with E-state index in [0.717, 1.165) is 0 Å². The van der Waals surface area contributed by atoms with Crippen molar-refractivity contribution in [2.45, 2.75) is 12.5 Å². The normalized spacial score (nSPS) is 11.8. The molecule has 7 nitrogen and oxygen atoms in total. The molecule has 1 aromatic carbocycles. The van der Waals surface area contributed by atoms with Gasteiger partial charge >= 0.3 is 5.97 Å². The molecule has 1 N–H and O–H groups in total. The number of halogens is 1. The molecule has 0 heterocycles. The molecule has 1 unspecified atom stereocenters. The Balaban J connectivity index is 2.38. The maximum Gasteiger partial charge on any atom is 0.338 e. The Morgan fingerprint density at radius 2 is 2.00 bits per heavy atom. The number of benzene rings is 1. The minimum absolute atomic E-state index is 0.0515. The van der Waals surface area contributed by atoms with Crippen molar-refractivity contribution < 1.29 is 28.2 Å². The van der Waals surface area contributed by atoms with Crippen LogP contribution in [0.1, 0.15) is 16.8 Å². The number of rotatable bonds is 10. The van der Waals surface area contributed by atoms with Crippen LogP contribution in [0, 0.1) is 5.82 Å². The van der Waals surface area contributed by atoms with Crippen molar-refractivity contribution in [1.82, 2.24) is 10.2 Å². The largest absolute Gasteiger partial charge is 0.459 e. The van der Waals surface area contributed by atoms with E-state index in [9.17, 15) is 18.8 Å². The van der Waals surface area contributed by atoms with Crippen molar-refractivity contribution in [2.75, 3.05) is 27.3 Å². The third kappa shape index (κ3) is 8.07. The molecule has 1 aromatic rings. The van der Waals surface area contributed by atoms with Gasteiger partial charge in [0, 0.05) is 33.0 Å². The minimum Gasteiger partial charge on any atom is -0.459 e. The quantitative estimate of drug-likeness (QED) is 0.386. The highest BCUT2D eigenvalue weighted by Gasteiger charge is 2.13. The second-order valence-corrected chi connectivity index (χ2v) is 5.17. The molecule has 0 aliphatic heterocycles. The van der Waals surface area contributed by atoms with Gasteiger partial charge in [-0.05, 0) is 30.7 Å². The fourth-order valence-electron chi connectivity index (χ4n) is 1.83. The molecule has 1 rings (SSSR count). The summed E-state index contributed by atoms with van der Waals surface area (Å²) in [6.07, 6.45) is 3.27. The van der Waals surface area contributed by atoms with Crippen molar-refractivity contribution in [3.8, 4) is 0 Å². The van der Waals surface area contributed by atoms with E-state index in [1.165, 1.54) is 43.7 Å². The SMILES string of the molecule is COC(CCN(C)/C=C\C(=O)NC=O)COC(=O)c1ccc(F)cc1. The van der Waals surface area contributed by atoms with Crippen LogP contribution >= 0.6 is 0 Å². The van der Waals surface area contributed by atoms with Crippen molar-refractivity contribution >= 4 is 18.3 Å². The van der Waals surface area contributed by atoms with Crippen LogP contribution in [0.5, 0.6) is 0 Å². The molecule has 25 heavy (non-hydrogen) atoms. The molecule has 136 valence electrons. The summed E-state index contributed by atoms with van der Waals surface area (Å²) in [4.78, 5) is 34.8. The maximum absolute atomic E-state index is 12.8. The highest BCUT2D eigenvalue weighted by Crippen LogP contribution is 2.07. The van der Waals surface area contributed by atoms with Gasteiger partial charge in [0.15, 0.2) is 0 Å². The van der Waals surface area contributed by atoms with Crippen LogP contribution in [-0.2, 0) is 19.1 Å². The third-order valence-electron chi connectivity index (χ3n) is 3.30. The molecule has 0 bridgehead atoms. The number of carbonyl (C=O) groups excluding carboxylic acids is 3. The Hall–Kier alpha value is -2.74. The van der Waals surface area contributed by atoms with Gasteiger partial charge < -0.3 is 14.4 Å². The van der Waals surface area contributed by atoms with E-state index in [1.54, 1.807) is 11.9 Å². The fraction of sp³-hybridized carbons (Fsp3) is 0.353. The van der Waals surface area contributed by atoms with Crippen molar-refractivity contribution in [2.24, 2.45) is 0 Å². The fourth-order valence-corrected chi connectivity index (χ4v) is 1.83. The van der Waals surface area contributed by atoms with E-state index in [1.807, 2.05) is 5.32 Å². The summed E-state index contributed by atoms with van der Waals surface area (Å²) >= 11 is 0. The molecule has 2 amide bonds. The number of ether oxygens (including phenoxy) is 2. The predicted octanol–water partition coefficient (Wildman–Crippen LogP) is 1.11. The van der Waals surface area contributed by atoms with E-state index in [2.05, 4.69) is 0 Å². The molecular weight excluding hydrogens is 331 g/mol. The van der Waals surface area contributed by atoms with Crippen LogP contribution in [0.4, 0.5) is 4.39 Å². The molecule has 0 radical (unpaired) electrons. The molecule has 0 fully saturated rings. The first kappa shape index (κ1) is 20.3. The Kier molecular flexibility index (Phi) is 8.87. The number of amides is 2. The van der Waals surface area contributed by atoms with Crippen LogP contribution in [-0.4, -0.2) is 56.6 Å². The lowest BCUT2D eigenvalue weighted by Gasteiger charge is -2.19. The lowest BCUT2D eigenvalue weighted by Crippen LogP contribution is -2.26. The predicted molar refractivity (Wildman–Crippen MR) is 88.1 cm³/mol. The summed E-state index contributed by atoms with van der Waals surface area (Å²) in [5, 5.41) is 1.99. The summed E-state index contributed by atoms with van der Waals surface area (Å²) in [6, 6.07) is 5.07. The highest BCUT2D eigenvalue weighted by molar-refractivity contribution is 5.94. The average molecular weight is 352 g/mol. The average Bonchev–Trinajstić information content (AvgIpc) is 2.60. The van der Waals surface area contributed by atoms with E-state index in [-0.39, 0.29) is 18.3 Å². The molecule has 0 saturated carbocycles. The first-order valence-electron chi connectivity index (χ1n) is 7.54. The van der Waals surface area contributed by atoms with Gasteiger partial charge in [0.1, 0.15) is 12.4 Å². The number of esters is 1. The summed E-state index contributed by atoms with van der Waals surface area (Å²) in [5.74, 6) is -1.50. The number of imide groups is 1. The van der Waals surface area contributed by atoms with Gasteiger partial charge in [-0.25, -0.2) is 9.18 Å². The molecule has 0 saturated heterocycles. The van der Waals surface area contributed by atoms with E-state index >= 15 is 0 Å². The number of hydrogen-bond acceptors (Lipinski definition) is 6. The Morgan fingerprint density at radius 3 is 2.60 bits per heavy atom. The monoisotopic (exact) mass is 352 g/mol. The Bertz CT molecular complexity index is 604. The zero-order valence-corrected chi connectivity index (χ0v) is 14.1. The molecule has 0 aliphatic rings. The number of nitrogens with zero attached hydrogens (tertiary/aromatic N) is 1. The standard InChI is InChI=1S/C17H21FN2O5/c1-20(10-8-16(22)19-12-21)9-7-15(24-2)11-25-17(23)13-3-5-14(18)6-4-13/h3-6,8,10,12,15H,7,9,11H2,1-2H3,(H,19,21,22)/b10-8-. The van der Waals surface area contributed by atoms with Gasteiger partial charge in [-0.15, -0.1) is 0 Å². The summed E-state index contributed by atoms with van der Waals surface area (Å²) in [5.41, 5.74) is 0.262. The van der Waals surface area contributed by atoms with Crippen LogP contribution < -0.4 is 5.32 Å². The van der Waals surface area contributed by atoms with Crippen LogP contribution in [0.2, 0.25) is 0 Å². The highest BCUT2D eigenvalue weighted by atomic mass is 19.1. The molecule has 0 aromatic heterocycles. The summed E-state index contributed by atoms with van der Waals surface area (Å²) < 4.78 is 23.2. The van der Waals surface area contributed by atoms with Gasteiger partial charge in [-0.1, -0.05) is 0 Å². The molecule has 8 heteroatoms. The van der Waals surface area contributed by atoms with E-state index in [4.69, 9.17) is 9.47 Å². The van der Waals surface area contributed by atoms with Crippen LogP contribution in [0.25, 0.3) is 0 Å². The Morgan fingerprint density at radius 1 is 1.32 bits per heavy atom. The minimum atomic E-state index is -0.555. The number of hydrogen-bond donors (Lipinski definition) is 1. The van der Waals surface area contributed by atoms with Crippen LogP contribution in [0.3, 0.4) is 0 Å². The van der Waals surface area contributed by atoms with Crippen molar-refractivity contribution in [3.63, 3.8) is 0 Å². The Labute approximate surface area is 145 Å². The van der Waals surface area contributed by atoms with E-state index < -0.39 is 17.7 Å². The topological polar surface area (TPSA) is 84.9 Å². The number of nitrogens with one attached hydrogen (secondary N) is 1. The second-order valence-electron chi connectivity index (χ2n) is 5.17. The second kappa shape index (κ2) is 10.9. The van der Waals surface area contributed by atoms with Crippen molar-refractivity contribution in [3.05, 3.63) is 47.9 Å². The number of methoxy groups -OCH3 is 1. The number of carbonyl (C=O) groups is 3. The summed E-state index contributed by atoms with van der Waals surface area (Å²) in [7, 11) is 3.26. The van der Waals surface area contributed by atoms with Gasteiger partial charge in [-0.3, -0.25) is 14.9 Å². The first-order chi connectivity index (χ1) is 12.0. The lowest BCUT2D eigenvalue weighted by atomic mass is 10.2. The maximum atomic E-state index is 12.8. The summed E-state index contributed by atoms with van der Waals surface area (Å²) in [6.45, 7) is 0.591. The smallest absolute Gasteiger partial charge is 0.338 e. The zero-order valence-electron chi connectivity index (χ0n) is 14.1. The zero-order chi connectivity index (χ0) is 18.7. The van der Waals surface area contributed by atoms with Gasteiger partial charge in [-0.2, -0.15) is 0 Å². The third-order valence-corrected chi connectivity index (χ3v) is 3.30. The lowest BCUT2D eigenvalue weighted by molar-refractivity contribution is -0.121. The molecule has 0 spiro atoms. The van der Waals surface area contributed by atoms with Crippen LogP contribution in [0.15, 0.2) is 36.5 Å². The molecular formula is C17H21FN2O5.